The van der Waals surface area contributed by atoms with Gasteiger partial charge in [-0.2, -0.15) is 0 Å². The number of nitrogens with zero attached hydrogens (tertiary/aromatic N) is 1. The van der Waals surface area contributed by atoms with Crippen LogP contribution in [0.5, 0.6) is 0 Å². The summed E-state index contributed by atoms with van der Waals surface area (Å²) in [5.74, 6) is 0. The van der Waals surface area contributed by atoms with Crippen LogP contribution >= 0.6 is 0 Å². The fourth-order valence-corrected chi connectivity index (χ4v) is 2.91. The van der Waals surface area contributed by atoms with Gasteiger partial charge in [0.05, 0.1) is 27.7 Å². The van der Waals surface area contributed by atoms with E-state index in [0.717, 1.165) is 12.8 Å². The van der Waals surface area contributed by atoms with E-state index in [4.69, 9.17) is 0 Å². The maximum atomic E-state index is 13.9. The molecule has 0 aromatic heterocycles. The van der Waals surface area contributed by atoms with Gasteiger partial charge in [0.2, 0.25) is 0 Å². The number of rotatable bonds is 16. The van der Waals surface area contributed by atoms with E-state index in [9.17, 15) is 9.50 Å². The van der Waals surface area contributed by atoms with Gasteiger partial charge in [0.15, 0.2) is 0 Å². The van der Waals surface area contributed by atoms with Gasteiger partial charge in [-0.15, -0.1) is 0 Å². The smallest absolute Gasteiger partial charge is 0.131 e. The fourth-order valence-electron chi connectivity index (χ4n) is 2.91. The zero-order valence-electron chi connectivity index (χ0n) is 16.8. The minimum absolute atomic E-state index is 0.0272. The van der Waals surface area contributed by atoms with Crippen molar-refractivity contribution in [2.24, 2.45) is 0 Å². The topological polar surface area (TPSA) is 20.2 Å². The monoisotopic (exact) mass is 344 g/mol. The van der Waals surface area contributed by atoms with Gasteiger partial charge in [-0.05, 0) is 18.6 Å². The number of hydrogen-bond acceptors (Lipinski definition) is 1. The summed E-state index contributed by atoms with van der Waals surface area (Å²) in [4.78, 5) is 0. The van der Waals surface area contributed by atoms with Crippen LogP contribution in [0, 0.1) is 0 Å². The summed E-state index contributed by atoms with van der Waals surface area (Å²) < 4.78 is 14.5. The molecule has 3 heteroatoms. The van der Waals surface area contributed by atoms with E-state index in [0.29, 0.717) is 10.9 Å². The molecule has 0 saturated heterocycles. The van der Waals surface area contributed by atoms with Crippen LogP contribution in [0.2, 0.25) is 0 Å². The summed E-state index contributed by atoms with van der Waals surface area (Å²) in [5.41, 5.74) is 0. The number of aliphatic hydroxyl groups is 1. The normalized spacial score (nSPS) is 15.1. The molecule has 0 amide bonds. The first-order valence-corrected chi connectivity index (χ1v) is 10.2. The number of halogens is 1. The molecule has 1 unspecified atom stereocenters. The summed E-state index contributed by atoms with van der Waals surface area (Å²) in [6.07, 6.45) is 17.5. The van der Waals surface area contributed by atoms with Crippen molar-refractivity contribution in [1.29, 1.82) is 0 Å². The highest BCUT2D eigenvalue weighted by atomic mass is 19.1. The first-order chi connectivity index (χ1) is 11.4. The Morgan fingerprint density at radius 1 is 0.792 bits per heavy atom. The van der Waals surface area contributed by atoms with Crippen molar-refractivity contribution in [3.63, 3.8) is 0 Å². The SMILES string of the molecule is CCCCCCCCCCCCCC(F)/C=C/[C@H](CO)[N+](C)(C)C. The molecule has 144 valence electrons. The Kier molecular flexibility index (Phi) is 14.6. The molecule has 0 bridgehead atoms. The molecule has 0 spiro atoms. The summed E-state index contributed by atoms with van der Waals surface area (Å²) in [6, 6.07) is -0.0272. The van der Waals surface area contributed by atoms with Gasteiger partial charge in [-0.1, -0.05) is 77.6 Å². The van der Waals surface area contributed by atoms with Crippen LogP contribution in [0.15, 0.2) is 12.2 Å². The molecule has 0 aromatic rings. The number of unbranched alkanes of at least 4 members (excludes halogenated alkanes) is 10. The second-order valence-corrected chi connectivity index (χ2v) is 8.09. The molecule has 2 atom stereocenters. The number of alkyl halides is 1. The van der Waals surface area contributed by atoms with Crippen LogP contribution in [0.25, 0.3) is 0 Å². The molecule has 0 aromatic carbocycles. The van der Waals surface area contributed by atoms with E-state index in [-0.39, 0.29) is 12.6 Å². The Morgan fingerprint density at radius 3 is 1.67 bits per heavy atom. The lowest BCUT2D eigenvalue weighted by Gasteiger charge is -2.30. The van der Waals surface area contributed by atoms with E-state index in [1.54, 1.807) is 6.08 Å². The number of aliphatic hydroxyl groups excluding tert-OH is 1. The Morgan fingerprint density at radius 2 is 1.25 bits per heavy atom. The van der Waals surface area contributed by atoms with Gasteiger partial charge >= 0.3 is 0 Å². The maximum Gasteiger partial charge on any atom is 0.131 e. The van der Waals surface area contributed by atoms with E-state index in [1.165, 1.54) is 57.8 Å². The van der Waals surface area contributed by atoms with Gasteiger partial charge in [0.25, 0.3) is 0 Å². The van der Waals surface area contributed by atoms with E-state index in [2.05, 4.69) is 6.92 Å². The van der Waals surface area contributed by atoms with Gasteiger partial charge in [-0.25, -0.2) is 4.39 Å². The second kappa shape index (κ2) is 14.9. The molecule has 0 aliphatic carbocycles. The summed E-state index contributed by atoms with van der Waals surface area (Å²) in [5, 5.41) is 9.36. The van der Waals surface area contributed by atoms with Crippen LogP contribution in [0.3, 0.4) is 0 Å². The van der Waals surface area contributed by atoms with Crippen molar-refractivity contribution in [2.75, 3.05) is 27.7 Å². The molecule has 24 heavy (non-hydrogen) atoms. The number of allylic oxidation sites excluding steroid dienone is 1. The molecule has 1 N–H and O–H groups in total. The van der Waals surface area contributed by atoms with Crippen LogP contribution in [-0.2, 0) is 0 Å². The van der Waals surface area contributed by atoms with E-state index >= 15 is 0 Å². The molecule has 0 heterocycles. The Labute approximate surface area is 150 Å². The molecule has 0 rings (SSSR count). The Balaban J connectivity index is 3.54. The van der Waals surface area contributed by atoms with E-state index in [1.807, 2.05) is 27.2 Å². The van der Waals surface area contributed by atoms with Gasteiger partial charge in [0.1, 0.15) is 12.2 Å². The molecular formula is C21H43FNO+. The van der Waals surface area contributed by atoms with E-state index < -0.39 is 6.17 Å². The standard InChI is InChI=1S/C21H43FNO/c1-5-6-7-8-9-10-11-12-13-14-15-16-20(22)17-18-21(19-24)23(2,3)4/h17-18,20-21,24H,5-16,19H2,1-4H3/q+1/b18-17+/t20?,21-/m1/s1. The minimum Gasteiger partial charge on any atom is -0.390 e. The molecule has 0 radical (unpaired) electrons. The van der Waals surface area contributed by atoms with Gasteiger partial charge < -0.3 is 9.59 Å². The van der Waals surface area contributed by atoms with Crippen LogP contribution in [-0.4, -0.2) is 49.6 Å². The van der Waals surface area contributed by atoms with Gasteiger partial charge in [0, 0.05) is 0 Å². The zero-order chi connectivity index (χ0) is 18.3. The minimum atomic E-state index is -0.871. The average Bonchev–Trinajstić information content (AvgIpc) is 2.52. The maximum absolute atomic E-state index is 13.9. The fraction of sp³-hybridized carbons (Fsp3) is 0.905. The summed E-state index contributed by atoms with van der Waals surface area (Å²) in [7, 11) is 6.05. The molecule has 2 nitrogen and oxygen atoms in total. The lowest BCUT2D eigenvalue weighted by Crippen LogP contribution is -2.46. The first-order valence-electron chi connectivity index (χ1n) is 10.2. The quantitative estimate of drug-likeness (QED) is 0.218. The third-order valence-corrected chi connectivity index (χ3v) is 4.81. The van der Waals surface area contributed by atoms with Crippen LogP contribution in [0.1, 0.15) is 84.0 Å². The van der Waals surface area contributed by atoms with Crippen molar-refractivity contribution >= 4 is 0 Å². The van der Waals surface area contributed by atoms with Gasteiger partial charge in [-0.3, -0.25) is 0 Å². The molecule has 0 saturated carbocycles. The van der Waals surface area contributed by atoms with Crippen molar-refractivity contribution < 1.29 is 14.0 Å². The third kappa shape index (κ3) is 14.0. The third-order valence-electron chi connectivity index (χ3n) is 4.81. The number of likely N-dealkylation sites (N-methyl/N-ethyl adjacent to an activating group) is 1. The van der Waals surface area contributed by atoms with Crippen molar-refractivity contribution in [1.82, 2.24) is 0 Å². The molecular weight excluding hydrogens is 301 g/mol. The first kappa shape index (κ1) is 23.6. The van der Waals surface area contributed by atoms with Crippen molar-refractivity contribution in [3.8, 4) is 0 Å². The second-order valence-electron chi connectivity index (χ2n) is 8.09. The highest BCUT2D eigenvalue weighted by Gasteiger charge is 2.19. The Hall–Kier alpha value is -0.410. The predicted molar refractivity (Wildman–Crippen MR) is 104 cm³/mol. The lowest BCUT2D eigenvalue weighted by atomic mass is 10.0. The molecule has 0 fully saturated rings. The predicted octanol–water partition coefficient (Wildman–Crippen LogP) is 5.65. The highest BCUT2D eigenvalue weighted by Crippen LogP contribution is 2.14. The zero-order valence-corrected chi connectivity index (χ0v) is 16.8. The number of quaternary nitrogens is 1. The van der Waals surface area contributed by atoms with Crippen molar-refractivity contribution in [3.05, 3.63) is 12.2 Å². The van der Waals surface area contributed by atoms with Crippen molar-refractivity contribution in [2.45, 2.75) is 96.2 Å². The summed E-state index contributed by atoms with van der Waals surface area (Å²) in [6.45, 7) is 2.32. The highest BCUT2D eigenvalue weighted by molar-refractivity contribution is 4.94. The Bertz CT molecular complexity index is 299. The summed E-state index contributed by atoms with van der Waals surface area (Å²) >= 11 is 0. The average molecular weight is 345 g/mol. The lowest BCUT2D eigenvalue weighted by molar-refractivity contribution is -0.889. The number of hydrogen-bond donors (Lipinski definition) is 1. The molecule has 0 aliphatic heterocycles. The van der Waals surface area contributed by atoms with Crippen LogP contribution < -0.4 is 0 Å². The molecule has 0 aliphatic rings. The largest absolute Gasteiger partial charge is 0.390 e. The van der Waals surface area contributed by atoms with Crippen LogP contribution in [0.4, 0.5) is 4.39 Å².